The SMILES string of the molecule is O=CN1CCN2CCN(CCN(C(C(=O)O)C(=O)c3ccccc3)CC1)C2=O. The number of aliphatic carboxylic acids is 1. The predicted octanol–water partition coefficient (Wildman–Crippen LogP) is -0.166. The van der Waals surface area contributed by atoms with Crippen LogP contribution in [0.2, 0.25) is 0 Å². The van der Waals surface area contributed by atoms with Gasteiger partial charge in [-0.2, -0.15) is 0 Å². The number of carboxylic acids is 1. The Labute approximate surface area is 163 Å². The first-order valence-corrected chi connectivity index (χ1v) is 9.30. The van der Waals surface area contributed by atoms with E-state index < -0.39 is 17.8 Å². The Balaban J connectivity index is 1.84. The maximum absolute atomic E-state index is 12.9. The number of nitrogens with zero attached hydrogens (tertiary/aromatic N) is 4. The molecule has 1 unspecified atom stereocenters. The average Bonchev–Trinajstić information content (AvgIpc) is 3.03. The molecule has 0 aliphatic carbocycles. The highest BCUT2D eigenvalue weighted by Gasteiger charge is 2.36. The van der Waals surface area contributed by atoms with Gasteiger partial charge in [0.1, 0.15) is 0 Å². The molecule has 0 radical (unpaired) electrons. The summed E-state index contributed by atoms with van der Waals surface area (Å²) in [5.74, 6) is -1.74. The van der Waals surface area contributed by atoms with Crippen molar-refractivity contribution in [2.75, 3.05) is 52.4 Å². The van der Waals surface area contributed by atoms with Crippen molar-refractivity contribution in [3.63, 3.8) is 0 Å². The molecule has 0 saturated carbocycles. The van der Waals surface area contributed by atoms with Gasteiger partial charge in [0, 0.05) is 57.9 Å². The topological polar surface area (TPSA) is 101 Å². The number of amides is 3. The molecule has 28 heavy (non-hydrogen) atoms. The highest BCUT2D eigenvalue weighted by Crippen LogP contribution is 2.14. The minimum absolute atomic E-state index is 0.117. The first-order chi connectivity index (χ1) is 13.5. The summed E-state index contributed by atoms with van der Waals surface area (Å²) in [6.45, 7) is 3.05. The molecule has 0 spiro atoms. The van der Waals surface area contributed by atoms with E-state index in [-0.39, 0.29) is 25.7 Å². The van der Waals surface area contributed by atoms with Crippen LogP contribution in [-0.2, 0) is 9.59 Å². The molecule has 1 aromatic carbocycles. The summed E-state index contributed by atoms with van der Waals surface area (Å²) in [4.78, 5) is 55.1. The Morgan fingerprint density at radius 1 is 0.893 bits per heavy atom. The summed E-state index contributed by atoms with van der Waals surface area (Å²) >= 11 is 0. The predicted molar refractivity (Wildman–Crippen MR) is 99.9 cm³/mol. The number of Topliss-reactive ketones (excluding diaryl/α,β-unsaturated/α-hetero) is 1. The molecule has 2 heterocycles. The van der Waals surface area contributed by atoms with Crippen LogP contribution >= 0.6 is 0 Å². The molecule has 0 aromatic heterocycles. The summed E-state index contributed by atoms with van der Waals surface area (Å²) in [5.41, 5.74) is 0.319. The van der Waals surface area contributed by atoms with Gasteiger partial charge in [-0.1, -0.05) is 30.3 Å². The largest absolute Gasteiger partial charge is 0.480 e. The zero-order chi connectivity index (χ0) is 20.1. The van der Waals surface area contributed by atoms with E-state index in [9.17, 15) is 24.3 Å². The van der Waals surface area contributed by atoms with E-state index in [0.717, 1.165) is 0 Å². The van der Waals surface area contributed by atoms with Crippen LogP contribution in [0, 0.1) is 0 Å². The minimum Gasteiger partial charge on any atom is -0.480 e. The van der Waals surface area contributed by atoms with Crippen LogP contribution in [0.15, 0.2) is 30.3 Å². The molecule has 2 saturated heterocycles. The number of hydrogen-bond acceptors (Lipinski definition) is 5. The molecule has 1 N–H and O–H groups in total. The van der Waals surface area contributed by atoms with Gasteiger partial charge < -0.3 is 19.8 Å². The number of rotatable bonds is 5. The normalized spacial score (nSPS) is 19.9. The van der Waals surface area contributed by atoms with Crippen LogP contribution in [0.5, 0.6) is 0 Å². The number of fused-ring (bicyclic) bond motifs is 2. The molecule has 150 valence electrons. The van der Waals surface area contributed by atoms with Gasteiger partial charge in [0.2, 0.25) is 6.41 Å². The summed E-state index contributed by atoms with van der Waals surface area (Å²) in [6, 6.07) is 6.82. The lowest BCUT2D eigenvalue weighted by atomic mass is 10.0. The molecule has 3 rings (SSSR count). The number of carbonyl (C=O) groups excluding carboxylic acids is 3. The smallest absolute Gasteiger partial charge is 0.329 e. The highest BCUT2D eigenvalue weighted by atomic mass is 16.4. The van der Waals surface area contributed by atoms with E-state index in [1.165, 1.54) is 4.90 Å². The fraction of sp³-hybridized carbons (Fsp3) is 0.474. The lowest BCUT2D eigenvalue weighted by Crippen LogP contribution is -2.51. The van der Waals surface area contributed by atoms with E-state index in [1.807, 2.05) is 0 Å². The van der Waals surface area contributed by atoms with Crippen molar-refractivity contribution < 1.29 is 24.3 Å². The van der Waals surface area contributed by atoms with E-state index in [1.54, 1.807) is 45.0 Å². The molecular formula is C19H24N4O5. The number of urea groups is 1. The second kappa shape index (κ2) is 8.83. The van der Waals surface area contributed by atoms with Gasteiger partial charge in [-0.25, -0.2) is 4.79 Å². The van der Waals surface area contributed by atoms with Crippen molar-refractivity contribution in [2.24, 2.45) is 0 Å². The van der Waals surface area contributed by atoms with Gasteiger partial charge in [-0.15, -0.1) is 0 Å². The Kier molecular flexibility index (Phi) is 6.25. The van der Waals surface area contributed by atoms with Crippen LogP contribution in [-0.4, -0.2) is 107 Å². The number of benzene rings is 1. The molecule has 1 atom stereocenters. The van der Waals surface area contributed by atoms with Crippen molar-refractivity contribution in [1.82, 2.24) is 19.6 Å². The second-order valence-corrected chi connectivity index (χ2v) is 6.91. The number of hydrogen-bond donors (Lipinski definition) is 1. The van der Waals surface area contributed by atoms with Crippen LogP contribution < -0.4 is 0 Å². The molecule has 2 aliphatic heterocycles. The van der Waals surface area contributed by atoms with Crippen molar-refractivity contribution in [2.45, 2.75) is 6.04 Å². The quantitative estimate of drug-likeness (QED) is 0.427. The molecule has 3 amide bonds. The Bertz CT molecular complexity index is 741. The Hall–Kier alpha value is -2.94. The lowest BCUT2D eigenvalue weighted by molar-refractivity contribution is -0.141. The van der Waals surface area contributed by atoms with Crippen LogP contribution in [0.1, 0.15) is 10.4 Å². The first-order valence-electron chi connectivity index (χ1n) is 9.30. The van der Waals surface area contributed by atoms with Gasteiger partial charge in [-0.3, -0.25) is 19.3 Å². The Morgan fingerprint density at radius 2 is 1.43 bits per heavy atom. The van der Waals surface area contributed by atoms with Gasteiger partial charge in [0.15, 0.2) is 11.8 Å². The number of ketones is 1. The molecule has 2 bridgehead atoms. The van der Waals surface area contributed by atoms with Crippen molar-refractivity contribution in [1.29, 1.82) is 0 Å². The maximum atomic E-state index is 12.9. The zero-order valence-corrected chi connectivity index (χ0v) is 15.6. The average molecular weight is 388 g/mol. The van der Waals surface area contributed by atoms with Crippen LogP contribution in [0.25, 0.3) is 0 Å². The number of carbonyl (C=O) groups is 4. The molecule has 2 aliphatic rings. The minimum atomic E-state index is -1.37. The standard InChI is InChI=1S/C19H24N4O5/c24-14-20-6-8-21(10-11-23-13-12-22(9-7-20)19(23)28)16(18(26)27)17(25)15-4-2-1-3-5-15/h1-5,14,16H,6-13H2,(H,26,27). The maximum Gasteiger partial charge on any atom is 0.329 e. The summed E-state index contributed by atoms with van der Waals surface area (Å²) in [6.07, 6.45) is 0.698. The fourth-order valence-corrected chi connectivity index (χ4v) is 3.58. The molecular weight excluding hydrogens is 364 g/mol. The monoisotopic (exact) mass is 388 g/mol. The van der Waals surface area contributed by atoms with E-state index in [4.69, 9.17) is 0 Å². The molecule has 1 aromatic rings. The Morgan fingerprint density at radius 3 is 2.04 bits per heavy atom. The summed E-state index contributed by atoms with van der Waals surface area (Å²) < 4.78 is 0. The molecule has 2 fully saturated rings. The van der Waals surface area contributed by atoms with Crippen molar-refractivity contribution >= 4 is 24.2 Å². The third-order valence-corrected chi connectivity index (χ3v) is 5.22. The van der Waals surface area contributed by atoms with Crippen LogP contribution in [0.4, 0.5) is 4.79 Å². The third kappa shape index (κ3) is 4.30. The van der Waals surface area contributed by atoms with Crippen LogP contribution in [0.3, 0.4) is 0 Å². The van der Waals surface area contributed by atoms with E-state index in [0.29, 0.717) is 44.7 Å². The second-order valence-electron chi connectivity index (χ2n) is 6.91. The summed E-state index contributed by atoms with van der Waals surface area (Å²) in [7, 11) is 0. The number of carboxylic acid groups (broad SMARTS) is 1. The summed E-state index contributed by atoms with van der Waals surface area (Å²) in [5, 5.41) is 9.77. The van der Waals surface area contributed by atoms with Gasteiger partial charge in [-0.05, 0) is 0 Å². The van der Waals surface area contributed by atoms with Gasteiger partial charge in [0.05, 0.1) is 0 Å². The fourth-order valence-electron chi connectivity index (χ4n) is 3.58. The first kappa shape index (κ1) is 19.8. The molecule has 9 nitrogen and oxygen atoms in total. The van der Waals surface area contributed by atoms with Gasteiger partial charge in [0.25, 0.3) is 0 Å². The van der Waals surface area contributed by atoms with E-state index in [2.05, 4.69) is 0 Å². The van der Waals surface area contributed by atoms with Crippen molar-refractivity contribution in [3.05, 3.63) is 35.9 Å². The van der Waals surface area contributed by atoms with Crippen molar-refractivity contribution in [3.8, 4) is 0 Å². The lowest BCUT2D eigenvalue weighted by Gasteiger charge is -2.30. The van der Waals surface area contributed by atoms with E-state index >= 15 is 0 Å². The highest BCUT2D eigenvalue weighted by molar-refractivity contribution is 6.11. The molecule has 9 heteroatoms. The third-order valence-electron chi connectivity index (χ3n) is 5.22. The van der Waals surface area contributed by atoms with Gasteiger partial charge >= 0.3 is 12.0 Å². The zero-order valence-electron chi connectivity index (χ0n) is 15.6.